The third kappa shape index (κ3) is 5.30. The van der Waals surface area contributed by atoms with Crippen LogP contribution in [0, 0.1) is 16.7 Å². The number of nitrogens with one attached hydrogen (secondary N) is 2. The van der Waals surface area contributed by atoms with Crippen molar-refractivity contribution in [2.75, 3.05) is 13.2 Å². The molecule has 2 aromatic rings. The van der Waals surface area contributed by atoms with E-state index < -0.39 is 22.7 Å². The van der Waals surface area contributed by atoms with Gasteiger partial charge in [0.05, 0.1) is 16.4 Å². The molecule has 0 spiro atoms. The summed E-state index contributed by atoms with van der Waals surface area (Å²) < 4.78 is 5.26. The largest absolute Gasteiger partial charge is 0.454 e. The molecular formula is C25H24N4O5. The van der Waals surface area contributed by atoms with Crippen molar-refractivity contribution in [3.63, 3.8) is 0 Å². The summed E-state index contributed by atoms with van der Waals surface area (Å²) in [6.45, 7) is 10.3. The molecule has 2 aromatic carbocycles. The topological polar surface area (TPSA) is 115 Å². The number of hydrogen-bond donors (Lipinski definition) is 2. The predicted octanol–water partition coefficient (Wildman–Crippen LogP) is 3.61. The van der Waals surface area contributed by atoms with Crippen molar-refractivity contribution in [3.8, 4) is 0 Å². The Morgan fingerprint density at radius 2 is 1.74 bits per heavy atom. The zero-order chi connectivity index (χ0) is 24.7. The maximum Gasteiger partial charge on any atom is 0.337 e. The summed E-state index contributed by atoms with van der Waals surface area (Å²) in [6.07, 6.45) is 0. The van der Waals surface area contributed by atoms with E-state index in [1.807, 2.05) is 30.3 Å². The van der Waals surface area contributed by atoms with Crippen LogP contribution in [0.2, 0.25) is 0 Å². The van der Waals surface area contributed by atoms with Crippen molar-refractivity contribution >= 4 is 17.6 Å². The van der Waals surface area contributed by atoms with E-state index in [2.05, 4.69) is 15.5 Å². The van der Waals surface area contributed by atoms with Crippen molar-refractivity contribution in [2.45, 2.75) is 26.3 Å². The average molecular weight is 460 g/mol. The van der Waals surface area contributed by atoms with Gasteiger partial charge in [-0.15, -0.1) is 0 Å². The molecule has 0 aliphatic carbocycles. The van der Waals surface area contributed by atoms with Crippen molar-refractivity contribution in [3.05, 3.63) is 110 Å². The summed E-state index contributed by atoms with van der Waals surface area (Å²) in [7, 11) is 0. The highest BCUT2D eigenvalue weighted by atomic mass is 16.6. The van der Waals surface area contributed by atoms with Crippen LogP contribution in [0.25, 0.3) is 4.85 Å². The number of rotatable bonds is 8. The number of para-hydroxylation sites is 1. The zero-order valence-electron chi connectivity index (χ0n) is 18.8. The molecule has 1 amide bonds. The smallest absolute Gasteiger partial charge is 0.337 e. The van der Waals surface area contributed by atoms with Crippen LogP contribution >= 0.6 is 0 Å². The van der Waals surface area contributed by atoms with Gasteiger partial charge in [-0.2, -0.15) is 0 Å². The van der Waals surface area contributed by atoms with Crippen LogP contribution in [0.4, 0.5) is 5.69 Å². The molecule has 1 heterocycles. The number of nitro benzene ring substituents is 1. The van der Waals surface area contributed by atoms with Gasteiger partial charge in [-0.1, -0.05) is 48.5 Å². The fourth-order valence-electron chi connectivity index (χ4n) is 3.91. The number of nitro groups is 1. The normalized spacial score (nSPS) is 15.3. The summed E-state index contributed by atoms with van der Waals surface area (Å²) in [5.74, 6) is -2.23. The van der Waals surface area contributed by atoms with Crippen LogP contribution in [0.5, 0.6) is 0 Å². The zero-order valence-corrected chi connectivity index (χ0v) is 18.8. The summed E-state index contributed by atoms with van der Waals surface area (Å²) in [4.78, 5) is 40.9. The van der Waals surface area contributed by atoms with Gasteiger partial charge in [0.25, 0.3) is 5.69 Å². The number of carbonyl (C=O) groups excluding carboxylic acids is 2. The molecule has 9 nitrogen and oxygen atoms in total. The van der Waals surface area contributed by atoms with Gasteiger partial charge in [0.15, 0.2) is 6.61 Å². The number of esters is 1. The molecule has 0 fully saturated rings. The van der Waals surface area contributed by atoms with Gasteiger partial charge < -0.3 is 20.2 Å². The lowest BCUT2D eigenvalue weighted by atomic mass is 9.79. The summed E-state index contributed by atoms with van der Waals surface area (Å²) in [5, 5.41) is 17.7. The average Bonchev–Trinajstić information content (AvgIpc) is 2.82. The van der Waals surface area contributed by atoms with Crippen LogP contribution in [-0.4, -0.2) is 30.0 Å². The number of nitrogens with zero attached hydrogens (tertiary/aromatic N) is 2. The number of benzene rings is 2. The minimum atomic E-state index is -1.03. The van der Waals surface area contributed by atoms with Gasteiger partial charge >= 0.3 is 5.97 Å². The van der Waals surface area contributed by atoms with Gasteiger partial charge in [0.1, 0.15) is 0 Å². The van der Waals surface area contributed by atoms with Gasteiger partial charge in [0, 0.05) is 35.1 Å². The second-order valence-electron chi connectivity index (χ2n) is 7.64. The Labute approximate surface area is 197 Å². The predicted molar refractivity (Wildman–Crippen MR) is 125 cm³/mol. The van der Waals surface area contributed by atoms with Crippen molar-refractivity contribution in [1.29, 1.82) is 0 Å². The lowest BCUT2D eigenvalue weighted by Crippen LogP contribution is -2.36. The highest BCUT2D eigenvalue weighted by molar-refractivity contribution is 6.02. The molecule has 0 saturated carbocycles. The maximum atomic E-state index is 13.4. The SMILES string of the molecule is [C-]#[N+]CCOC(=O)C1=C(C)NC(C)=C(C(=O)NCc2ccccc2)C1c1ccccc1[N+](=O)[O-]. The third-order valence-electron chi connectivity index (χ3n) is 5.40. The fraction of sp³-hybridized carbons (Fsp3) is 0.240. The first-order valence-electron chi connectivity index (χ1n) is 10.6. The standard InChI is InChI=1S/C25H24N4O5/c1-16-21(24(30)27-15-18-9-5-4-6-10-18)23(19-11-7-8-12-20(19)29(32)33)22(17(2)28-16)25(31)34-14-13-26-3/h4-12,23,28H,13-15H2,1-2H3,(H,27,30). The Kier molecular flexibility index (Phi) is 7.77. The van der Waals surface area contributed by atoms with E-state index in [0.29, 0.717) is 11.4 Å². The molecule has 9 heteroatoms. The van der Waals surface area contributed by atoms with E-state index in [1.165, 1.54) is 18.2 Å². The lowest BCUT2D eigenvalue weighted by molar-refractivity contribution is -0.385. The van der Waals surface area contributed by atoms with Crippen molar-refractivity contribution in [2.24, 2.45) is 0 Å². The van der Waals surface area contributed by atoms with Gasteiger partial charge in [-0.05, 0) is 19.4 Å². The number of dihydropyridines is 1. The number of allylic oxidation sites excluding steroid dienone is 2. The second-order valence-corrected chi connectivity index (χ2v) is 7.64. The Morgan fingerprint density at radius 1 is 1.09 bits per heavy atom. The second kappa shape index (κ2) is 10.9. The van der Waals surface area contributed by atoms with E-state index in [-0.39, 0.29) is 42.1 Å². The van der Waals surface area contributed by atoms with Crippen LogP contribution in [0.3, 0.4) is 0 Å². The molecule has 0 aromatic heterocycles. The Hall–Kier alpha value is -4.45. The first-order chi connectivity index (χ1) is 16.3. The summed E-state index contributed by atoms with van der Waals surface area (Å²) in [6, 6.07) is 15.3. The van der Waals surface area contributed by atoms with E-state index in [9.17, 15) is 19.7 Å². The molecule has 1 aliphatic rings. The van der Waals surface area contributed by atoms with E-state index >= 15 is 0 Å². The molecule has 174 valence electrons. The van der Waals surface area contributed by atoms with Crippen molar-refractivity contribution < 1.29 is 19.2 Å². The third-order valence-corrected chi connectivity index (χ3v) is 5.40. The number of amides is 1. The quantitative estimate of drug-likeness (QED) is 0.204. The monoisotopic (exact) mass is 460 g/mol. The minimum Gasteiger partial charge on any atom is -0.454 e. The van der Waals surface area contributed by atoms with Crippen LogP contribution in [-0.2, 0) is 20.9 Å². The Bertz CT molecular complexity index is 1210. The minimum absolute atomic E-state index is 0.0130. The summed E-state index contributed by atoms with van der Waals surface area (Å²) in [5.41, 5.74) is 2.05. The lowest BCUT2D eigenvalue weighted by Gasteiger charge is -2.30. The first-order valence-corrected chi connectivity index (χ1v) is 10.6. The highest BCUT2D eigenvalue weighted by Crippen LogP contribution is 2.42. The Balaban J connectivity index is 2.06. The molecule has 0 saturated heterocycles. The molecule has 1 aliphatic heterocycles. The molecule has 34 heavy (non-hydrogen) atoms. The molecule has 0 radical (unpaired) electrons. The van der Waals surface area contributed by atoms with Gasteiger partial charge in [-0.3, -0.25) is 14.9 Å². The van der Waals surface area contributed by atoms with Crippen LogP contribution in [0.1, 0.15) is 30.9 Å². The molecular weight excluding hydrogens is 436 g/mol. The van der Waals surface area contributed by atoms with Crippen LogP contribution in [0.15, 0.2) is 77.1 Å². The van der Waals surface area contributed by atoms with E-state index in [0.717, 1.165) is 5.56 Å². The van der Waals surface area contributed by atoms with E-state index in [4.69, 9.17) is 11.3 Å². The highest BCUT2D eigenvalue weighted by Gasteiger charge is 2.40. The van der Waals surface area contributed by atoms with E-state index in [1.54, 1.807) is 19.9 Å². The summed E-state index contributed by atoms with van der Waals surface area (Å²) >= 11 is 0. The fourth-order valence-corrected chi connectivity index (χ4v) is 3.91. The Morgan fingerprint density at radius 3 is 2.41 bits per heavy atom. The van der Waals surface area contributed by atoms with Crippen LogP contribution < -0.4 is 10.6 Å². The maximum absolute atomic E-state index is 13.4. The molecule has 2 N–H and O–H groups in total. The number of hydrogen-bond acceptors (Lipinski definition) is 6. The van der Waals surface area contributed by atoms with Gasteiger partial charge in [-0.25, -0.2) is 11.4 Å². The first kappa shape index (κ1) is 24.2. The molecule has 3 rings (SSSR count). The molecule has 1 atom stereocenters. The number of carbonyl (C=O) groups is 2. The molecule has 1 unspecified atom stereocenters. The van der Waals surface area contributed by atoms with Crippen molar-refractivity contribution in [1.82, 2.24) is 10.6 Å². The number of ether oxygens (including phenoxy) is 1. The molecule has 0 bridgehead atoms. The van der Waals surface area contributed by atoms with Gasteiger partial charge in [0.2, 0.25) is 12.5 Å².